The number of nitrogens with one attached hydrogen (secondary N) is 2. The molecule has 1 aliphatic rings. The van der Waals surface area contributed by atoms with Gasteiger partial charge in [0.2, 0.25) is 5.91 Å². The maximum Gasteiger partial charge on any atom is 0.246 e. The van der Waals surface area contributed by atoms with Crippen LogP contribution >= 0.6 is 0 Å². The average molecular weight is 318 g/mol. The number of nitrogens with zero attached hydrogens (tertiary/aromatic N) is 2. The van der Waals surface area contributed by atoms with Gasteiger partial charge in [0, 0.05) is 38.9 Å². The van der Waals surface area contributed by atoms with Crippen molar-refractivity contribution in [2.75, 3.05) is 32.8 Å². The van der Waals surface area contributed by atoms with E-state index in [-0.39, 0.29) is 5.91 Å². The molecule has 1 unspecified atom stereocenters. The molecule has 0 saturated carbocycles. The maximum atomic E-state index is 12.2. The Kier molecular flexibility index (Phi) is 7.03. The normalized spacial score (nSPS) is 17.7. The summed E-state index contributed by atoms with van der Waals surface area (Å²) in [5.41, 5.74) is 1.54. The minimum Gasteiger partial charge on any atom is -0.377 e. The topological polar surface area (TPSA) is 70.2 Å². The predicted octanol–water partition coefficient (Wildman–Crippen LogP) is 1.68. The molecular weight excluding hydrogens is 292 g/mol. The highest BCUT2D eigenvalue weighted by molar-refractivity contribution is 5.91. The zero-order valence-corrected chi connectivity index (χ0v) is 13.8. The molecule has 0 radical (unpaired) electrons. The summed E-state index contributed by atoms with van der Waals surface area (Å²) in [4.78, 5) is 21.1. The highest BCUT2D eigenvalue weighted by Gasteiger charge is 2.15. The van der Waals surface area contributed by atoms with E-state index in [9.17, 15) is 4.79 Å². The molecule has 1 aromatic rings. The summed E-state index contributed by atoms with van der Waals surface area (Å²) in [7, 11) is 0. The Labute approximate surface area is 137 Å². The van der Waals surface area contributed by atoms with Gasteiger partial charge in [-0.1, -0.05) is 6.58 Å². The molecule has 2 heterocycles. The summed E-state index contributed by atoms with van der Waals surface area (Å²) in [5.74, 6) is -0.00368. The Morgan fingerprint density at radius 1 is 1.65 bits per heavy atom. The average Bonchev–Trinajstić information content (AvgIpc) is 3.23. The van der Waals surface area contributed by atoms with Gasteiger partial charge in [-0.15, -0.1) is 0 Å². The van der Waals surface area contributed by atoms with Gasteiger partial charge >= 0.3 is 0 Å². The molecule has 2 rings (SSSR count). The van der Waals surface area contributed by atoms with Crippen molar-refractivity contribution in [1.29, 1.82) is 0 Å². The summed E-state index contributed by atoms with van der Waals surface area (Å²) < 4.78 is 5.56. The van der Waals surface area contributed by atoms with Gasteiger partial charge in [0.15, 0.2) is 0 Å². The molecule has 1 aromatic heterocycles. The van der Waals surface area contributed by atoms with Gasteiger partial charge < -0.3 is 19.9 Å². The molecule has 1 saturated heterocycles. The minimum absolute atomic E-state index is 0.00368. The first-order chi connectivity index (χ1) is 11.2. The number of carbonyl (C=O) groups excluding carboxylic acids is 1. The number of rotatable bonds is 9. The van der Waals surface area contributed by atoms with Crippen molar-refractivity contribution < 1.29 is 9.53 Å². The summed E-state index contributed by atoms with van der Waals surface area (Å²) in [5, 5.41) is 3.36. The second-order valence-corrected chi connectivity index (χ2v) is 5.50. The lowest BCUT2D eigenvalue weighted by molar-refractivity contribution is -0.125. The molecular formula is C17H26N4O2. The number of aromatic nitrogens is 2. The fourth-order valence-corrected chi connectivity index (χ4v) is 2.58. The second kappa shape index (κ2) is 9.27. The first-order valence-electron chi connectivity index (χ1n) is 8.19. The van der Waals surface area contributed by atoms with E-state index in [2.05, 4.69) is 21.9 Å². The van der Waals surface area contributed by atoms with E-state index in [1.807, 2.05) is 11.8 Å². The van der Waals surface area contributed by atoms with E-state index in [1.54, 1.807) is 24.6 Å². The van der Waals surface area contributed by atoms with E-state index in [4.69, 9.17) is 4.74 Å². The zero-order chi connectivity index (χ0) is 16.5. The minimum atomic E-state index is -0.00368. The molecule has 23 heavy (non-hydrogen) atoms. The molecule has 0 bridgehead atoms. The Hall–Kier alpha value is -1.92. The molecule has 0 spiro atoms. The van der Waals surface area contributed by atoms with Crippen molar-refractivity contribution in [2.45, 2.75) is 25.9 Å². The van der Waals surface area contributed by atoms with Crippen LogP contribution in [-0.2, 0) is 9.53 Å². The van der Waals surface area contributed by atoms with Crippen molar-refractivity contribution in [3.05, 3.63) is 30.4 Å². The van der Waals surface area contributed by atoms with Gasteiger partial charge in [-0.3, -0.25) is 4.79 Å². The van der Waals surface area contributed by atoms with Crippen LogP contribution in [0.3, 0.4) is 0 Å². The molecule has 126 valence electrons. The number of hydrogen-bond acceptors (Lipinski definition) is 4. The van der Waals surface area contributed by atoms with Crippen LogP contribution < -0.4 is 5.32 Å². The van der Waals surface area contributed by atoms with Gasteiger partial charge in [-0.2, -0.15) is 0 Å². The van der Waals surface area contributed by atoms with E-state index >= 15 is 0 Å². The van der Waals surface area contributed by atoms with Crippen LogP contribution in [0.1, 0.15) is 31.2 Å². The lowest BCUT2D eigenvalue weighted by Crippen LogP contribution is -2.37. The van der Waals surface area contributed by atoms with Gasteiger partial charge in [0.25, 0.3) is 0 Å². The third-order valence-electron chi connectivity index (χ3n) is 3.93. The fourth-order valence-electron chi connectivity index (χ4n) is 2.58. The molecule has 1 atom stereocenters. The third-order valence-corrected chi connectivity index (χ3v) is 3.93. The summed E-state index contributed by atoms with van der Waals surface area (Å²) in [6, 6.07) is 0. The van der Waals surface area contributed by atoms with Crippen LogP contribution in [0.25, 0.3) is 12.2 Å². The van der Waals surface area contributed by atoms with Gasteiger partial charge in [0.05, 0.1) is 23.8 Å². The van der Waals surface area contributed by atoms with Crippen molar-refractivity contribution in [3.63, 3.8) is 0 Å². The number of imidazole rings is 1. The zero-order valence-electron chi connectivity index (χ0n) is 13.8. The Bertz CT molecular complexity index is 532. The molecule has 0 aliphatic carbocycles. The van der Waals surface area contributed by atoms with E-state index in [0.717, 1.165) is 43.9 Å². The Balaban J connectivity index is 1.75. The molecule has 6 heteroatoms. The standard InChI is InChI=1S/C17H26N4O2/c1-3-15-16(20-13-19-15)7-8-17(22)21(4-2)10-9-18-12-14-6-5-11-23-14/h3,7-8,13-14,18H,1,4-6,9-12H2,2H3,(H,19,20)/b8-7+. The third kappa shape index (κ3) is 5.33. The first-order valence-corrected chi connectivity index (χ1v) is 8.19. The number of likely N-dealkylation sites (N-methyl/N-ethyl adjacent to an activating group) is 1. The molecule has 2 N–H and O–H groups in total. The molecule has 1 amide bonds. The molecule has 6 nitrogen and oxygen atoms in total. The molecule has 1 fully saturated rings. The lowest BCUT2D eigenvalue weighted by atomic mass is 10.2. The van der Waals surface area contributed by atoms with Crippen molar-refractivity contribution in [1.82, 2.24) is 20.2 Å². The van der Waals surface area contributed by atoms with Gasteiger partial charge in [0.1, 0.15) is 0 Å². The SMILES string of the molecule is C=Cc1nc[nH]c1/C=C/C(=O)N(CC)CCNCC1CCCO1. The van der Waals surface area contributed by atoms with Crippen LogP contribution in [-0.4, -0.2) is 59.7 Å². The molecule has 1 aliphatic heterocycles. The fraction of sp³-hybridized carbons (Fsp3) is 0.529. The smallest absolute Gasteiger partial charge is 0.246 e. The van der Waals surface area contributed by atoms with E-state index in [0.29, 0.717) is 19.2 Å². The highest BCUT2D eigenvalue weighted by atomic mass is 16.5. The van der Waals surface area contributed by atoms with Crippen molar-refractivity contribution in [2.24, 2.45) is 0 Å². The first kappa shape index (κ1) is 17.4. The number of amides is 1. The molecule has 0 aromatic carbocycles. The van der Waals surface area contributed by atoms with Crippen LogP contribution in [0.15, 0.2) is 19.0 Å². The van der Waals surface area contributed by atoms with Crippen LogP contribution in [0.2, 0.25) is 0 Å². The largest absolute Gasteiger partial charge is 0.377 e. The quantitative estimate of drug-likeness (QED) is 0.537. The number of carbonyl (C=O) groups is 1. The number of ether oxygens (including phenoxy) is 1. The van der Waals surface area contributed by atoms with Crippen LogP contribution in [0.4, 0.5) is 0 Å². The van der Waals surface area contributed by atoms with Crippen molar-refractivity contribution >= 4 is 18.1 Å². The summed E-state index contributed by atoms with van der Waals surface area (Å²) >= 11 is 0. The lowest BCUT2D eigenvalue weighted by Gasteiger charge is -2.20. The van der Waals surface area contributed by atoms with Crippen LogP contribution in [0.5, 0.6) is 0 Å². The number of hydrogen-bond donors (Lipinski definition) is 2. The Morgan fingerprint density at radius 3 is 3.22 bits per heavy atom. The van der Waals surface area contributed by atoms with E-state index in [1.165, 1.54) is 0 Å². The van der Waals surface area contributed by atoms with Gasteiger partial charge in [-0.05, 0) is 31.9 Å². The predicted molar refractivity (Wildman–Crippen MR) is 91.8 cm³/mol. The van der Waals surface area contributed by atoms with Gasteiger partial charge in [-0.25, -0.2) is 4.98 Å². The second-order valence-electron chi connectivity index (χ2n) is 5.50. The highest BCUT2D eigenvalue weighted by Crippen LogP contribution is 2.10. The maximum absolute atomic E-state index is 12.2. The van der Waals surface area contributed by atoms with Crippen LogP contribution in [0, 0.1) is 0 Å². The Morgan fingerprint density at radius 2 is 2.52 bits per heavy atom. The summed E-state index contributed by atoms with van der Waals surface area (Å²) in [6.45, 7) is 9.55. The van der Waals surface area contributed by atoms with Crippen molar-refractivity contribution in [3.8, 4) is 0 Å². The number of aromatic amines is 1. The summed E-state index contributed by atoms with van der Waals surface area (Å²) in [6.07, 6.45) is 9.18. The number of H-pyrrole nitrogens is 1. The monoisotopic (exact) mass is 318 g/mol. The van der Waals surface area contributed by atoms with E-state index < -0.39 is 0 Å².